The first-order chi connectivity index (χ1) is 13.9. The molecule has 1 saturated heterocycles. The zero-order valence-corrected chi connectivity index (χ0v) is 17.7. The highest BCUT2D eigenvalue weighted by molar-refractivity contribution is 7.80. The highest BCUT2D eigenvalue weighted by Crippen LogP contribution is 2.24. The number of carbonyl (C=O) groups excluding carboxylic acids is 3. The molecule has 0 saturated carbocycles. The second-order valence-electron chi connectivity index (χ2n) is 6.45. The van der Waals surface area contributed by atoms with Gasteiger partial charge in [-0.1, -0.05) is 6.07 Å². The maximum Gasteiger partial charge on any atom is 0.338 e. The fraction of sp³-hybridized carbons (Fsp3) is 0.300. The summed E-state index contributed by atoms with van der Waals surface area (Å²) in [4.78, 5) is 41.1. The minimum atomic E-state index is -0.645. The lowest BCUT2D eigenvalue weighted by molar-refractivity contribution is -0.130. The van der Waals surface area contributed by atoms with E-state index in [2.05, 4.69) is 5.32 Å². The third-order valence-electron chi connectivity index (χ3n) is 4.49. The van der Waals surface area contributed by atoms with Crippen LogP contribution in [0.3, 0.4) is 0 Å². The molecule has 0 aliphatic carbocycles. The van der Waals surface area contributed by atoms with Crippen LogP contribution in [0, 0.1) is 0 Å². The molecular formula is C20H21N3O4S2. The van der Waals surface area contributed by atoms with E-state index in [9.17, 15) is 14.4 Å². The van der Waals surface area contributed by atoms with Gasteiger partial charge in [0.2, 0.25) is 5.91 Å². The zero-order chi connectivity index (χ0) is 21.0. The van der Waals surface area contributed by atoms with Gasteiger partial charge in [-0.25, -0.2) is 4.79 Å². The smallest absolute Gasteiger partial charge is 0.338 e. The fourth-order valence-corrected chi connectivity index (χ4v) is 4.00. The second kappa shape index (κ2) is 9.15. The molecule has 3 rings (SSSR count). The lowest BCUT2D eigenvalue weighted by Gasteiger charge is -2.22. The van der Waals surface area contributed by atoms with Crippen molar-refractivity contribution in [3.8, 4) is 0 Å². The Hall–Kier alpha value is -2.78. The minimum absolute atomic E-state index is 0.0195. The largest absolute Gasteiger partial charge is 0.462 e. The van der Waals surface area contributed by atoms with Crippen molar-refractivity contribution in [1.82, 2.24) is 9.80 Å². The monoisotopic (exact) mass is 431 g/mol. The van der Waals surface area contributed by atoms with Gasteiger partial charge in [-0.05, 0) is 54.9 Å². The molecule has 0 bridgehead atoms. The van der Waals surface area contributed by atoms with Crippen LogP contribution >= 0.6 is 23.6 Å². The maximum absolute atomic E-state index is 12.6. The van der Waals surface area contributed by atoms with Crippen molar-refractivity contribution >= 4 is 52.1 Å². The Kier molecular flexibility index (Phi) is 6.60. The van der Waals surface area contributed by atoms with Crippen LogP contribution < -0.4 is 5.32 Å². The Balaban J connectivity index is 1.65. The number of likely N-dealkylation sites (N-methyl/N-ethyl adjacent to an activating group) is 1. The summed E-state index contributed by atoms with van der Waals surface area (Å²) in [5.41, 5.74) is 0.944. The van der Waals surface area contributed by atoms with Gasteiger partial charge in [0.15, 0.2) is 5.11 Å². The van der Waals surface area contributed by atoms with Gasteiger partial charge in [0.05, 0.1) is 25.1 Å². The van der Waals surface area contributed by atoms with Gasteiger partial charge in [0.25, 0.3) is 5.91 Å². The molecule has 2 aromatic rings. The molecule has 1 atom stereocenters. The van der Waals surface area contributed by atoms with Crippen molar-refractivity contribution in [3.63, 3.8) is 0 Å². The molecule has 29 heavy (non-hydrogen) atoms. The van der Waals surface area contributed by atoms with Crippen LogP contribution in [0.1, 0.15) is 28.6 Å². The molecule has 9 heteroatoms. The van der Waals surface area contributed by atoms with E-state index < -0.39 is 12.0 Å². The number of thiophene rings is 1. The predicted molar refractivity (Wildman–Crippen MR) is 115 cm³/mol. The minimum Gasteiger partial charge on any atom is -0.462 e. The van der Waals surface area contributed by atoms with Crippen molar-refractivity contribution in [2.75, 3.05) is 19.0 Å². The molecule has 7 nitrogen and oxygen atoms in total. The van der Waals surface area contributed by atoms with Crippen LogP contribution in [0.2, 0.25) is 0 Å². The highest BCUT2D eigenvalue weighted by atomic mass is 32.1. The number of hydrogen-bond acceptors (Lipinski definition) is 6. The molecular weight excluding hydrogens is 410 g/mol. The van der Waals surface area contributed by atoms with Crippen LogP contribution in [0.25, 0.3) is 0 Å². The fourth-order valence-electron chi connectivity index (χ4n) is 3.01. The summed E-state index contributed by atoms with van der Waals surface area (Å²) in [6.45, 7) is 2.52. The van der Waals surface area contributed by atoms with Crippen LogP contribution in [-0.4, -0.2) is 52.4 Å². The topological polar surface area (TPSA) is 78.9 Å². The van der Waals surface area contributed by atoms with Crippen molar-refractivity contribution < 1.29 is 19.1 Å². The van der Waals surface area contributed by atoms with Crippen LogP contribution in [0.5, 0.6) is 0 Å². The molecule has 1 fully saturated rings. The predicted octanol–water partition coefficient (Wildman–Crippen LogP) is 2.88. The van der Waals surface area contributed by atoms with Gasteiger partial charge in [-0.15, -0.1) is 11.3 Å². The summed E-state index contributed by atoms with van der Waals surface area (Å²) >= 11 is 6.97. The summed E-state index contributed by atoms with van der Waals surface area (Å²) < 4.78 is 4.94. The third kappa shape index (κ3) is 4.80. The van der Waals surface area contributed by atoms with Gasteiger partial charge < -0.3 is 15.0 Å². The Morgan fingerprint density at radius 1 is 1.24 bits per heavy atom. The number of rotatable bonds is 7. The molecule has 2 heterocycles. The molecule has 0 spiro atoms. The zero-order valence-electron chi connectivity index (χ0n) is 16.1. The van der Waals surface area contributed by atoms with Crippen LogP contribution in [0.15, 0.2) is 41.8 Å². The molecule has 1 N–H and O–H groups in total. The molecule has 152 valence electrons. The van der Waals surface area contributed by atoms with Crippen molar-refractivity contribution in [1.29, 1.82) is 0 Å². The lowest BCUT2D eigenvalue weighted by atomic mass is 10.1. The van der Waals surface area contributed by atoms with E-state index in [1.807, 2.05) is 17.5 Å². The highest BCUT2D eigenvalue weighted by Gasteiger charge is 2.41. The lowest BCUT2D eigenvalue weighted by Crippen LogP contribution is -2.37. The first-order valence-electron chi connectivity index (χ1n) is 9.08. The number of nitrogens with zero attached hydrogens (tertiary/aromatic N) is 2. The van der Waals surface area contributed by atoms with E-state index in [1.165, 1.54) is 4.90 Å². The Labute approximate surface area is 178 Å². The van der Waals surface area contributed by atoms with E-state index in [4.69, 9.17) is 17.0 Å². The average molecular weight is 432 g/mol. The van der Waals surface area contributed by atoms with Crippen molar-refractivity contribution in [3.05, 3.63) is 52.2 Å². The molecule has 0 radical (unpaired) electrons. The van der Waals surface area contributed by atoms with E-state index >= 15 is 0 Å². The SMILES string of the molecule is CCOC(=O)c1ccc(NC(=O)CC2C(=O)N(C)C(=S)N2Cc2cccs2)cc1. The summed E-state index contributed by atoms with van der Waals surface area (Å²) in [6, 6.07) is 9.68. The van der Waals surface area contributed by atoms with E-state index in [0.717, 1.165) is 4.88 Å². The number of carbonyl (C=O) groups is 3. The number of anilines is 1. The molecule has 1 aliphatic rings. The quantitative estimate of drug-likeness (QED) is 0.537. The Bertz CT molecular complexity index is 912. The Morgan fingerprint density at radius 3 is 2.59 bits per heavy atom. The van der Waals surface area contributed by atoms with Crippen LogP contribution in [0.4, 0.5) is 5.69 Å². The summed E-state index contributed by atoms with van der Waals surface area (Å²) in [6.07, 6.45) is -0.0195. The normalized spacial score (nSPS) is 16.3. The molecule has 1 aromatic carbocycles. The van der Waals surface area contributed by atoms with E-state index in [1.54, 1.807) is 54.5 Å². The number of nitrogens with one attached hydrogen (secondary N) is 1. The maximum atomic E-state index is 12.6. The van der Waals surface area contributed by atoms with Crippen molar-refractivity contribution in [2.24, 2.45) is 0 Å². The Morgan fingerprint density at radius 2 is 1.97 bits per heavy atom. The molecule has 1 aliphatic heterocycles. The number of esters is 1. The van der Waals surface area contributed by atoms with Crippen LogP contribution in [-0.2, 0) is 20.9 Å². The van der Waals surface area contributed by atoms with Gasteiger partial charge in [0.1, 0.15) is 6.04 Å². The summed E-state index contributed by atoms with van der Waals surface area (Å²) in [7, 11) is 1.62. The standard InChI is InChI=1S/C20H21N3O4S2/c1-3-27-19(26)13-6-8-14(9-7-13)21-17(24)11-16-18(25)22(2)20(28)23(16)12-15-5-4-10-29-15/h4-10,16H,3,11-12H2,1-2H3,(H,21,24). The number of hydrogen-bond donors (Lipinski definition) is 1. The van der Waals surface area contributed by atoms with Crippen molar-refractivity contribution in [2.45, 2.75) is 25.9 Å². The van der Waals surface area contributed by atoms with Gasteiger partial charge >= 0.3 is 5.97 Å². The number of ether oxygens (including phenoxy) is 1. The van der Waals surface area contributed by atoms with E-state index in [0.29, 0.717) is 29.5 Å². The second-order valence-corrected chi connectivity index (χ2v) is 7.85. The van der Waals surface area contributed by atoms with Gasteiger partial charge in [0, 0.05) is 17.6 Å². The van der Waals surface area contributed by atoms with E-state index in [-0.39, 0.29) is 18.2 Å². The third-order valence-corrected chi connectivity index (χ3v) is 5.86. The van der Waals surface area contributed by atoms with Gasteiger partial charge in [-0.3, -0.25) is 14.5 Å². The average Bonchev–Trinajstić information content (AvgIpc) is 3.28. The summed E-state index contributed by atoms with van der Waals surface area (Å²) in [5.74, 6) is -0.913. The molecule has 1 unspecified atom stereocenters. The first kappa shape index (κ1) is 20.9. The number of amides is 2. The number of benzene rings is 1. The number of thiocarbonyl (C=S) groups is 1. The summed E-state index contributed by atoms with van der Waals surface area (Å²) in [5, 5.41) is 5.14. The van der Waals surface area contributed by atoms with Gasteiger partial charge in [-0.2, -0.15) is 0 Å². The molecule has 1 aromatic heterocycles. The first-order valence-corrected chi connectivity index (χ1v) is 10.4. The molecule has 2 amide bonds.